The van der Waals surface area contributed by atoms with Gasteiger partial charge in [-0.2, -0.15) is 0 Å². The average Bonchev–Trinajstić information content (AvgIpc) is 3.13. The molecule has 1 aliphatic heterocycles. The molecule has 2 heterocycles. The van der Waals surface area contributed by atoms with Crippen molar-refractivity contribution >= 4 is 0 Å². The highest BCUT2D eigenvalue weighted by atomic mass is 16.5. The quantitative estimate of drug-likeness (QED) is 0.795. The normalized spacial score (nSPS) is 16.7. The van der Waals surface area contributed by atoms with E-state index in [2.05, 4.69) is 38.8 Å². The molecule has 0 bridgehead atoms. The Kier molecular flexibility index (Phi) is 6.44. The molecule has 1 atom stereocenters. The van der Waals surface area contributed by atoms with Gasteiger partial charge in [0, 0.05) is 44.6 Å². The number of imidazole rings is 1. The van der Waals surface area contributed by atoms with Crippen molar-refractivity contribution in [3.05, 3.63) is 48.0 Å². The van der Waals surface area contributed by atoms with Crippen molar-refractivity contribution < 1.29 is 9.47 Å². The number of nitrogens with zero attached hydrogens (tertiary/aromatic N) is 3. The molecule has 1 aliphatic rings. The summed E-state index contributed by atoms with van der Waals surface area (Å²) in [6.45, 7) is 8.26. The third-order valence-corrected chi connectivity index (χ3v) is 4.75. The Bertz CT molecular complexity index is 635. The second kappa shape index (κ2) is 8.99. The summed E-state index contributed by atoms with van der Waals surface area (Å²) < 4.78 is 13.0. The van der Waals surface area contributed by atoms with Crippen LogP contribution < -0.4 is 10.1 Å². The summed E-state index contributed by atoms with van der Waals surface area (Å²) in [5.41, 5.74) is 1.30. The number of rotatable bonds is 8. The first-order chi connectivity index (χ1) is 12.3. The predicted octanol–water partition coefficient (Wildman–Crippen LogP) is 2.07. The number of hydrogen-bond donors (Lipinski definition) is 1. The smallest absolute Gasteiger partial charge is 0.122 e. The van der Waals surface area contributed by atoms with Gasteiger partial charge in [0.1, 0.15) is 11.6 Å². The van der Waals surface area contributed by atoms with Gasteiger partial charge in [0.15, 0.2) is 0 Å². The van der Waals surface area contributed by atoms with Gasteiger partial charge in [0.05, 0.1) is 26.9 Å². The molecule has 1 N–H and O–H groups in total. The molecule has 1 fully saturated rings. The topological polar surface area (TPSA) is 51.5 Å². The van der Waals surface area contributed by atoms with Crippen LogP contribution in [0.5, 0.6) is 5.75 Å². The monoisotopic (exact) mass is 344 g/mol. The van der Waals surface area contributed by atoms with E-state index >= 15 is 0 Å². The zero-order valence-corrected chi connectivity index (χ0v) is 15.1. The van der Waals surface area contributed by atoms with Gasteiger partial charge in [-0.15, -0.1) is 0 Å². The minimum Gasteiger partial charge on any atom is -0.497 e. The number of aryl methyl sites for hydroxylation is 1. The molecule has 1 saturated heterocycles. The molecule has 6 heteroatoms. The van der Waals surface area contributed by atoms with E-state index in [9.17, 15) is 0 Å². The van der Waals surface area contributed by atoms with E-state index in [1.165, 1.54) is 5.56 Å². The molecule has 2 aromatic rings. The zero-order valence-electron chi connectivity index (χ0n) is 15.1. The summed E-state index contributed by atoms with van der Waals surface area (Å²) >= 11 is 0. The van der Waals surface area contributed by atoms with Crippen molar-refractivity contribution in [3.8, 4) is 5.75 Å². The van der Waals surface area contributed by atoms with Crippen LogP contribution in [0.2, 0.25) is 0 Å². The van der Waals surface area contributed by atoms with Crippen molar-refractivity contribution in [2.45, 2.75) is 26.1 Å². The summed E-state index contributed by atoms with van der Waals surface area (Å²) in [4.78, 5) is 6.93. The lowest BCUT2D eigenvalue weighted by atomic mass is 10.0. The molecule has 0 spiro atoms. The molecule has 25 heavy (non-hydrogen) atoms. The van der Waals surface area contributed by atoms with E-state index in [-0.39, 0.29) is 0 Å². The molecule has 0 radical (unpaired) electrons. The van der Waals surface area contributed by atoms with Crippen LogP contribution in [0.1, 0.15) is 24.4 Å². The molecule has 6 nitrogen and oxygen atoms in total. The van der Waals surface area contributed by atoms with Gasteiger partial charge < -0.3 is 19.4 Å². The molecular formula is C19H28N4O2. The zero-order chi connectivity index (χ0) is 17.5. The van der Waals surface area contributed by atoms with Crippen LogP contribution in [-0.2, 0) is 17.8 Å². The van der Waals surface area contributed by atoms with Crippen molar-refractivity contribution in [2.24, 2.45) is 0 Å². The van der Waals surface area contributed by atoms with Crippen LogP contribution in [-0.4, -0.2) is 54.4 Å². The molecule has 1 aromatic heterocycles. The van der Waals surface area contributed by atoms with Crippen LogP contribution in [0, 0.1) is 0 Å². The SMILES string of the molecule is CCn1ccnc1CNCC(c1ccc(OC)cc1)N1CCOCC1. The third-order valence-electron chi connectivity index (χ3n) is 4.75. The molecule has 0 saturated carbocycles. The summed E-state index contributed by atoms with van der Waals surface area (Å²) in [6.07, 6.45) is 3.89. The Morgan fingerprint density at radius 1 is 1.24 bits per heavy atom. The average molecular weight is 344 g/mol. The fourth-order valence-corrected chi connectivity index (χ4v) is 3.29. The standard InChI is InChI=1S/C19H28N4O2/c1-3-22-9-8-21-19(22)15-20-14-18(23-10-12-25-13-11-23)16-4-6-17(24-2)7-5-16/h4-9,18,20H,3,10-15H2,1-2H3. The number of hydrogen-bond acceptors (Lipinski definition) is 5. The Morgan fingerprint density at radius 2 is 2.00 bits per heavy atom. The molecule has 1 unspecified atom stereocenters. The van der Waals surface area contributed by atoms with Crippen molar-refractivity contribution in [3.63, 3.8) is 0 Å². The van der Waals surface area contributed by atoms with Gasteiger partial charge in [-0.05, 0) is 24.6 Å². The molecule has 0 aliphatic carbocycles. The lowest BCUT2D eigenvalue weighted by molar-refractivity contribution is 0.0160. The van der Waals surface area contributed by atoms with E-state index in [1.54, 1.807) is 7.11 Å². The number of nitrogens with one attached hydrogen (secondary N) is 1. The minimum absolute atomic E-state index is 0.319. The van der Waals surface area contributed by atoms with Crippen molar-refractivity contribution in [1.82, 2.24) is 19.8 Å². The summed E-state index contributed by atoms with van der Waals surface area (Å²) in [6, 6.07) is 8.71. The largest absolute Gasteiger partial charge is 0.497 e. The number of methoxy groups -OCH3 is 1. The van der Waals surface area contributed by atoms with Crippen molar-refractivity contribution in [2.75, 3.05) is 40.0 Å². The van der Waals surface area contributed by atoms with Gasteiger partial charge in [0.25, 0.3) is 0 Å². The molecule has 1 aromatic carbocycles. The number of morpholine rings is 1. The summed E-state index contributed by atoms with van der Waals surface area (Å²) in [5, 5.41) is 3.59. The lowest BCUT2D eigenvalue weighted by Gasteiger charge is -2.35. The highest BCUT2D eigenvalue weighted by Crippen LogP contribution is 2.23. The Hall–Kier alpha value is -1.89. The van der Waals surface area contributed by atoms with E-state index in [0.29, 0.717) is 6.04 Å². The van der Waals surface area contributed by atoms with Crippen molar-refractivity contribution in [1.29, 1.82) is 0 Å². The first-order valence-electron chi connectivity index (χ1n) is 8.98. The Morgan fingerprint density at radius 3 is 2.68 bits per heavy atom. The number of ether oxygens (including phenoxy) is 2. The second-order valence-corrected chi connectivity index (χ2v) is 6.20. The maximum absolute atomic E-state index is 5.52. The van der Waals surface area contributed by atoms with Crippen LogP contribution in [0.3, 0.4) is 0 Å². The number of benzene rings is 1. The van der Waals surface area contributed by atoms with E-state index in [1.807, 2.05) is 24.5 Å². The van der Waals surface area contributed by atoms with Crippen LogP contribution >= 0.6 is 0 Å². The first-order valence-corrected chi connectivity index (χ1v) is 8.98. The van der Waals surface area contributed by atoms with Gasteiger partial charge in [-0.3, -0.25) is 4.90 Å². The molecular weight excluding hydrogens is 316 g/mol. The Labute approximate surface area is 149 Å². The van der Waals surface area contributed by atoms with Gasteiger partial charge >= 0.3 is 0 Å². The Balaban J connectivity index is 1.67. The third kappa shape index (κ3) is 4.60. The highest BCUT2D eigenvalue weighted by Gasteiger charge is 2.22. The fourth-order valence-electron chi connectivity index (χ4n) is 3.29. The fraction of sp³-hybridized carbons (Fsp3) is 0.526. The maximum atomic E-state index is 5.52. The van der Waals surface area contributed by atoms with Crippen LogP contribution in [0.25, 0.3) is 0 Å². The van der Waals surface area contributed by atoms with Gasteiger partial charge in [0.2, 0.25) is 0 Å². The van der Waals surface area contributed by atoms with Crippen LogP contribution in [0.4, 0.5) is 0 Å². The molecule has 3 rings (SSSR count). The number of aromatic nitrogens is 2. The van der Waals surface area contributed by atoms with Crippen LogP contribution in [0.15, 0.2) is 36.7 Å². The van der Waals surface area contributed by atoms with Gasteiger partial charge in [-0.25, -0.2) is 4.98 Å². The lowest BCUT2D eigenvalue weighted by Crippen LogP contribution is -2.42. The van der Waals surface area contributed by atoms with E-state index < -0.39 is 0 Å². The van der Waals surface area contributed by atoms with Gasteiger partial charge in [-0.1, -0.05) is 12.1 Å². The summed E-state index contributed by atoms with van der Waals surface area (Å²) in [7, 11) is 1.70. The summed E-state index contributed by atoms with van der Waals surface area (Å²) in [5.74, 6) is 1.97. The highest BCUT2D eigenvalue weighted by molar-refractivity contribution is 5.29. The predicted molar refractivity (Wildman–Crippen MR) is 97.7 cm³/mol. The van der Waals surface area contributed by atoms with E-state index in [4.69, 9.17) is 9.47 Å². The first kappa shape index (κ1) is 17.9. The molecule has 0 amide bonds. The molecule has 136 valence electrons. The maximum Gasteiger partial charge on any atom is 0.122 e. The van der Waals surface area contributed by atoms with E-state index in [0.717, 1.165) is 57.5 Å². The minimum atomic E-state index is 0.319. The second-order valence-electron chi connectivity index (χ2n) is 6.20.